The summed E-state index contributed by atoms with van der Waals surface area (Å²) >= 11 is 0. The van der Waals surface area contributed by atoms with Crippen molar-refractivity contribution in [2.75, 3.05) is 38.7 Å². The summed E-state index contributed by atoms with van der Waals surface area (Å²) in [4.78, 5) is 9.17. The van der Waals surface area contributed by atoms with Crippen LogP contribution in [0.4, 0.5) is 5.82 Å². The molecule has 24 heavy (non-hydrogen) atoms. The van der Waals surface area contributed by atoms with E-state index in [1.54, 1.807) is 0 Å². The smallest absolute Gasteiger partial charge is 0.128 e. The van der Waals surface area contributed by atoms with Gasteiger partial charge in [0.1, 0.15) is 11.9 Å². The first-order valence-electron chi connectivity index (χ1n) is 8.65. The van der Waals surface area contributed by atoms with Crippen molar-refractivity contribution in [3.8, 4) is 0 Å². The van der Waals surface area contributed by atoms with E-state index in [4.69, 9.17) is 9.72 Å². The molecule has 3 heterocycles. The number of hydrogen-bond donors (Lipinski definition) is 0. The number of ether oxygens (including phenoxy) is 1. The maximum absolute atomic E-state index is 5.97. The summed E-state index contributed by atoms with van der Waals surface area (Å²) in [6.45, 7) is 6.61. The molecule has 3 rings (SSSR count). The average Bonchev–Trinajstić information content (AvgIpc) is 3.02. The molecule has 0 amide bonds. The number of hydrogen-bond acceptors (Lipinski definition) is 5. The molecule has 0 aromatic carbocycles. The predicted molar refractivity (Wildman–Crippen MR) is 95.1 cm³/mol. The molecule has 0 radical (unpaired) electrons. The zero-order valence-corrected chi connectivity index (χ0v) is 14.9. The Balaban J connectivity index is 1.64. The SMILES string of the molecule is CCCn1cc(CN2CCO[C@@H](c3cccc(N(C)C)n3)C2)cn1. The minimum absolute atomic E-state index is 0.0318. The van der Waals surface area contributed by atoms with Gasteiger partial charge in [-0.1, -0.05) is 13.0 Å². The highest BCUT2D eigenvalue weighted by atomic mass is 16.5. The van der Waals surface area contributed by atoms with Gasteiger partial charge in [-0.15, -0.1) is 0 Å². The van der Waals surface area contributed by atoms with Gasteiger partial charge in [-0.2, -0.15) is 5.10 Å². The Labute approximate surface area is 144 Å². The molecule has 0 saturated carbocycles. The van der Waals surface area contributed by atoms with Crippen molar-refractivity contribution in [2.45, 2.75) is 32.5 Å². The van der Waals surface area contributed by atoms with Crippen molar-refractivity contribution in [2.24, 2.45) is 0 Å². The highest BCUT2D eigenvalue weighted by Gasteiger charge is 2.23. The molecular weight excluding hydrogens is 302 g/mol. The second kappa shape index (κ2) is 7.77. The van der Waals surface area contributed by atoms with Crippen LogP contribution in [0.3, 0.4) is 0 Å². The van der Waals surface area contributed by atoms with Crippen molar-refractivity contribution >= 4 is 5.82 Å². The van der Waals surface area contributed by atoms with Gasteiger partial charge in [0.2, 0.25) is 0 Å². The van der Waals surface area contributed by atoms with Crippen LogP contribution in [-0.2, 0) is 17.8 Å². The lowest BCUT2D eigenvalue weighted by atomic mass is 10.1. The van der Waals surface area contributed by atoms with Crippen LogP contribution in [0, 0.1) is 0 Å². The molecule has 0 aliphatic carbocycles. The highest BCUT2D eigenvalue weighted by molar-refractivity contribution is 5.37. The van der Waals surface area contributed by atoms with E-state index in [2.05, 4.69) is 35.3 Å². The topological polar surface area (TPSA) is 46.4 Å². The molecule has 2 aromatic rings. The van der Waals surface area contributed by atoms with Crippen molar-refractivity contribution in [1.29, 1.82) is 0 Å². The number of aromatic nitrogens is 3. The Kier molecular flexibility index (Phi) is 5.48. The lowest BCUT2D eigenvalue weighted by Gasteiger charge is -2.32. The zero-order chi connectivity index (χ0) is 16.9. The van der Waals surface area contributed by atoms with E-state index in [1.165, 1.54) is 5.56 Å². The molecule has 6 heteroatoms. The molecule has 6 nitrogen and oxygen atoms in total. The number of anilines is 1. The van der Waals surface area contributed by atoms with E-state index >= 15 is 0 Å². The van der Waals surface area contributed by atoms with E-state index in [0.717, 1.165) is 50.7 Å². The Morgan fingerprint density at radius 3 is 3.00 bits per heavy atom. The molecular formula is C18H27N5O. The molecule has 0 spiro atoms. The van der Waals surface area contributed by atoms with E-state index in [0.29, 0.717) is 0 Å². The van der Waals surface area contributed by atoms with Crippen LogP contribution in [0.15, 0.2) is 30.6 Å². The largest absolute Gasteiger partial charge is 0.369 e. The van der Waals surface area contributed by atoms with Gasteiger partial charge in [0.15, 0.2) is 0 Å². The van der Waals surface area contributed by atoms with E-state index < -0.39 is 0 Å². The summed E-state index contributed by atoms with van der Waals surface area (Å²) in [5.74, 6) is 0.967. The van der Waals surface area contributed by atoms with Crippen molar-refractivity contribution in [1.82, 2.24) is 19.7 Å². The van der Waals surface area contributed by atoms with Crippen molar-refractivity contribution in [3.05, 3.63) is 41.9 Å². The lowest BCUT2D eigenvalue weighted by Crippen LogP contribution is -2.38. The first-order chi connectivity index (χ1) is 11.7. The first kappa shape index (κ1) is 16.9. The zero-order valence-electron chi connectivity index (χ0n) is 14.9. The molecule has 0 unspecified atom stereocenters. The van der Waals surface area contributed by atoms with Gasteiger partial charge in [-0.3, -0.25) is 9.58 Å². The van der Waals surface area contributed by atoms with Crippen LogP contribution < -0.4 is 4.90 Å². The summed E-state index contributed by atoms with van der Waals surface area (Å²) in [6, 6.07) is 6.13. The Morgan fingerprint density at radius 1 is 1.33 bits per heavy atom. The van der Waals surface area contributed by atoms with Crippen LogP contribution in [0.25, 0.3) is 0 Å². The fourth-order valence-corrected chi connectivity index (χ4v) is 2.99. The van der Waals surface area contributed by atoms with Crippen LogP contribution in [0.2, 0.25) is 0 Å². The summed E-state index contributed by atoms with van der Waals surface area (Å²) in [6.07, 6.45) is 5.27. The second-order valence-electron chi connectivity index (χ2n) is 6.52. The Hall–Kier alpha value is -1.92. The first-order valence-corrected chi connectivity index (χ1v) is 8.65. The quantitative estimate of drug-likeness (QED) is 0.814. The summed E-state index contributed by atoms with van der Waals surface area (Å²) in [7, 11) is 4.02. The second-order valence-corrected chi connectivity index (χ2v) is 6.52. The van der Waals surface area contributed by atoms with Gasteiger partial charge in [0, 0.05) is 52.0 Å². The molecule has 0 bridgehead atoms. The molecule has 2 aromatic heterocycles. The molecule has 1 aliphatic heterocycles. The van der Waals surface area contributed by atoms with E-state index in [9.17, 15) is 0 Å². The van der Waals surface area contributed by atoms with Gasteiger partial charge in [-0.25, -0.2) is 4.98 Å². The lowest BCUT2D eigenvalue weighted by molar-refractivity contribution is -0.0349. The fraction of sp³-hybridized carbons (Fsp3) is 0.556. The summed E-state index contributed by atoms with van der Waals surface area (Å²) < 4.78 is 7.99. The number of nitrogens with zero attached hydrogens (tertiary/aromatic N) is 5. The minimum atomic E-state index is 0.0318. The van der Waals surface area contributed by atoms with Gasteiger partial charge in [-0.05, 0) is 18.6 Å². The average molecular weight is 329 g/mol. The standard InChI is InChI=1S/C18H27N5O/c1-4-8-23-13-15(11-19-23)12-22-9-10-24-17(14-22)16-6-5-7-18(20-16)21(2)3/h5-7,11,13,17H,4,8-10,12,14H2,1-3H3/t17-/m1/s1. The van der Waals surface area contributed by atoms with Crippen LogP contribution >= 0.6 is 0 Å². The third kappa shape index (κ3) is 4.13. The van der Waals surface area contributed by atoms with Crippen LogP contribution in [0.5, 0.6) is 0 Å². The fourth-order valence-electron chi connectivity index (χ4n) is 2.99. The summed E-state index contributed by atoms with van der Waals surface area (Å²) in [5, 5.41) is 4.42. The monoisotopic (exact) mass is 329 g/mol. The maximum atomic E-state index is 5.97. The van der Waals surface area contributed by atoms with Crippen LogP contribution in [-0.4, -0.2) is 53.5 Å². The molecule has 130 valence electrons. The van der Waals surface area contributed by atoms with Crippen molar-refractivity contribution < 1.29 is 4.74 Å². The van der Waals surface area contributed by atoms with Crippen LogP contribution in [0.1, 0.15) is 30.7 Å². The number of morpholine rings is 1. The van der Waals surface area contributed by atoms with E-state index in [1.807, 2.05) is 35.9 Å². The van der Waals surface area contributed by atoms with Gasteiger partial charge < -0.3 is 9.64 Å². The van der Waals surface area contributed by atoms with Gasteiger partial charge in [0.25, 0.3) is 0 Å². The Morgan fingerprint density at radius 2 is 2.21 bits per heavy atom. The highest BCUT2D eigenvalue weighted by Crippen LogP contribution is 2.23. The molecule has 1 aliphatic rings. The van der Waals surface area contributed by atoms with E-state index in [-0.39, 0.29) is 6.10 Å². The third-order valence-electron chi connectivity index (χ3n) is 4.24. The van der Waals surface area contributed by atoms with Gasteiger partial charge >= 0.3 is 0 Å². The summed E-state index contributed by atoms with van der Waals surface area (Å²) in [5.41, 5.74) is 2.27. The number of aryl methyl sites for hydroxylation is 1. The minimum Gasteiger partial charge on any atom is -0.369 e. The molecule has 1 fully saturated rings. The molecule has 1 atom stereocenters. The normalized spacial score (nSPS) is 18.7. The molecule has 1 saturated heterocycles. The maximum Gasteiger partial charge on any atom is 0.128 e. The third-order valence-corrected chi connectivity index (χ3v) is 4.24. The number of rotatable bonds is 6. The predicted octanol–water partition coefficient (Wildman–Crippen LogP) is 2.33. The Bertz CT molecular complexity index is 654. The molecule has 0 N–H and O–H groups in total. The van der Waals surface area contributed by atoms with Crippen molar-refractivity contribution in [3.63, 3.8) is 0 Å². The van der Waals surface area contributed by atoms with Gasteiger partial charge in [0.05, 0.1) is 18.5 Å². The number of pyridine rings is 1.